The second kappa shape index (κ2) is 7.48. The van der Waals surface area contributed by atoms with Gasteiger partial charge in [-0.15, -0.1) is 0 Å². The van der Waals surface area contributed by atoms with Crippen molar-refractivity contribution in [2.75, 3.05) is 33.9 Å². The maximum Gasteiger partial charge on any atom is 0.374 e. The number of esters is 1. The molecule has 1 N–H and O–H groups in total. The van der Waals surface area contributed by atoms with Crippen molar-refractivity contribution in [3.63, 3.8) is 0 Å². The summed E-state index contributed by atoms with van der Waals surface area (Å²) in [6.07, 6.45) is 0. The Morgan fingerprint density at radius 1 is 1.23 bits per heavy atom. The lowest BCUT2D eigenvalue weighted by Gasteiger charge is -2.35. The molecule has 9 heteroatoms. The summed E-state index contributed by atoms with van der Waals surface area (Å²) in [6.45, 7) is 1.21. The van der Waals surface area contributed by atoms with Crippen molar-refractivity contribution in [1.82, 2.24) is 9.62 Å². The standard InChI is InChI=1S/C17H20N2O6S/c1-23-14-6-4-3-5-12(14)13-11-18-9-10-19(13)26(21,22)16-8-7-15(25-16)17(20)24-2/h3-8,13,18H,9-11H2,1-2H3. The summed E-state index contributed by atoms with van der Waals surface area (Å²) in [7, 11) is -1.20. The van der Waals surface area contributed by atoms with Crippen molar-refractivity contribution in [3.05, 3.63) is 47.7 Å². The lowest BCUT2D eigenvalue weighted by molar-refractivity contribution is 0.0558. The van der Waals surface area contributed by atoms with Crippen LogP contribution in [0.15, 0.2) is 45.9 Å². The molecule has 3 rings (SSSR count). The van der Waals surface area contributed by atoms with E-state index in [4.69, 9.17) is 9.15 Å². The van der Waals surface area contributed by atoms with E-state index in [2.05, 4.69) is 10.1 Å². The van der Waals surface area contributed by atoms with Crippen LogP contribution in [0.5, 0.6) is 5.75 Å². The highest BCUT2D eigenvalue weighted by molar-refractivity contribution is 7.89. The molecule has 2 heterocycles. The van der Waals surface area contributed by atoms with Crippen LogP contribution in [0, 0.1) is 0 Å². The number of sulfonamides is 1. The minimum Gasteiger partial charge on any atom is -0.496 e. The molecule has 1 aromatic heterocycles. The first-order valence-electron chi connectivity index (χ1n) is 8.02. The highest BCUT2D eigenvalue weighted by Crippen LogP contribution is 2.34. The third-order valence-electron chi connectivity index (χ3n) is 4.22. The van der Waals surface area contributed by atoms with Gasteiger partial charge in [0.2, 0.25) is 10.9 Å². The van der Waals surface area contributed by atoms with Crippen LogP contribution >= 0.6 is 0 Å². The van der Waals surface area contributed by atoms with Crippen LogP contribution < -0.4 is 10.1 Å². The molecule has 0 amide bonds. The largest absolute Gasteiger partial charge is 0.496 e. The summed E-state index contributed by atoms with van der Waals surface area (Å²) in [5, 5.41) is 2.91. The normalized spacial score (nSPS) is 18.5. The van der Waals surface area contributed by atoms with Crippen molar-refractivity contribution in [3.8, 4) is 5.75 Å². The molecule has 140 valence electrons. The van der Waals surface area contributed by atoms with Crippen LogP contribution in [-0.4, -0.2) is 52.5 Å². The zero-order valence-electron chi connectivity index (χ0n) is 14.5. The Balaban J connectivity index is 1.99. The molecular formula is C17H20N2O6S. The summed E-state index contributed by atoms with van der Waals surface area (Å²) in [4.78, 5) is 11.5. The van der Waals surface area contributed by atoms with E-state index in [0.717, 1.165) is 5.56 Å². The number of para-hydroxylation sites is 1. The van der Waals surface area contributed by atoms with Gasteiger partial charge >= 0.3 is 5.97 Å². The van der Waals surface area contributed by atoms with Crippen molar-refractivity contribution in [1.29, 1.82) is 0 Å². The molecule has 1 atom stereocenters. The Hall–Kier alpha value is -2.36. The Morgan fingerprint density at radius 2 is 2.00 bits per heavy atom. The molecular weight excluding hydrogens is 360 g/mol. The summed E-state index contributed by atoms with van der Waals surface area (Å²) in [6, 6.07) is 9.38. The third kappa shape index (κ3) is 3.33. The summed E-state index contributed by atoms with van der Waals surface area (Å²) >= 11 is 0. The van der Waals surface area contributed by atoms with Gasteiger partial charge in [-0.25, -0.2) is 13.2 Å². The summed E-state index contributed by atoms with van der Waals surface area (Å²) in [5.74, 6) is -0.279. The van der Waals surface area contributed by atoms with E-state index in [1.165, 1.54) is 23.5 Å². The van der Waals surface area contributed by atoms with Gasteiger partial charge in [-0.05, 0) is 18.2 Å². The van der Waals surface area contributed by atoms with E-state index in [1.54, 1.807) is 13.2 Å². The molecule has 8 nitrogen and oxygen atoms in total. The number of methoxy groups -OCH3 is 2. The first kappa shape index (κ1) is 18.4. The van der Waals surface area contributed by atoms with Crippen LogP contribution in [-0.2, 0) is 14.8 Å². The fraction of sp³-hybridized carbons (Fsp3) is 0.353. The number of nitrogens with zero attached hydrogens (tertiary/aromatic N) is 1. The number of benzene rings is 1. The number of rotatable bonds is 5. The molecule has 1 fully saturated rings. The maximum atomic E-state index is 13.1. The third-order valence-corrected chi connectivity index (χ3v) is 6.01. The van der Waals surface area contributed by atoms with Gasteiger partial charge in [0.1, 0.15) is 5.75 Å². The number of furan rings is 1. The zero-order chi connectivity index (χ0) is 18.7. The van der Waals surface area contributed by atoms with Gasteiger partial charge in [0.05, 0.1) is 20.3 Å². The maximum absolute atomic E-state index is 13.1. The van der Waals surface area contributed by atoms with Gasteiger partial charge in [0, 0.05) is 25.2 Å². The highest BCUT2D eigenvalue weighted by Gasteiger charge is 2.37. The SMILES string of the molecule is COC(=O)c1ccc(S(=O)(=O)N2CCNCC2c2ccccc2OC)o1. The van der Waals surface area contributed by atoms with Gasteiger partial charge in [-0.1, -0.05) is 18.2 Å². The first-order valence-corrected chi connectivity index (χ1v) is 9.46. The first-order chi connectivity index (χ1) is 12.5. The second-order valence-corrected chi connectivity index (χ2v) is 7.51. The number of hydrogen-bond acceptors (Lipinski definition) is 7. The molecule has 1 unspecified atom stereocenters. The van der Waals surface area contributed by atoms with Crippen LogP contribution in [0.3, 0.4) is 0 Å². The lowest BCUT2D eigenvalue weighted by atomic mass is 10.0. The molecule has 0 bridgehead atoms. The Morgan fingerprint density at radius 3 is 2.73 bits per heavy atom. The zero-order valence-corrected chi connectivity index (χ0v) is 15.3. The summed E-state index contributed by atoms with van der Waals surface area (Å²) < 4.78 is 42.8. The molecule has 0 spiro atoms. The number of ether oxygens (including phenoxy) is 2. The highest BCUT2D eigenvalue weighted by atomic mass is 32.2. The van der Waals surface area contributed by atoms with E-state index >= 15 is 0 Å². The minimum atomic E-state index is -3.94. The van der Waals surface area contributed by atoms with Crippen molar-refractivity contribution in [2.24, 2.45) is 0 Å². The van der Waals surface area contributed by atoms with E-state index in [9.17, 15) is 13.2 Å². The molecule has 1 aromatic carbocycles. The molecule has 0 radical (unpaired) electrons. The molecule has 1 aliphatic heterocycles. The quantitative estimate of drug-likeness (QED) is 0.783. The Labute approximate surface area is 151 Å². The second-order valence-electron chi connectivity index (χ2n) is 5.69. The van der Waals surface area contributed by atoms with Crippen molar-refractivity contribution in [2.45, 2.75) is 11.1 Å². The summed E-state index contributed by atoms with van der Waals surface area (Å²) in [5.41, 5.74) is 0.755. The van der Waals surface area contributed by atoms with Gasteiger partial charge in [-0.2, -0.15) is 4.31 Å². The van der Waals surface area contributed by atoms with E-state index in [0.29, 0.717) is 18.8 Å². The van der Waals surface area contributed by atoms with Crippen molar-refractivity contribution >= 4 is 16.0 Å². The number of carbonyl (C=O) groups is 1. The monoisotopic (exact) mass is 380 g/mol. The number of nitrogens with one attached hydrogen (secondary N) is 1. The number of carbonyl (C=O) groups excluding carboxylic acids is 1. The smallest absolute Gasteiger partial charge is 0.374 e. The van der Waals surface area contributed by atoms with E-state index < -0.39 is 22.0 Å². The number of hydrogen-bond donors (Lipinski definition) is 1. The van der Waals surface area contributed by atoms with Crippen LogP contribution in [0.4, 0.5) is 0 Å². The molecule has 0 aliphatic carbocycles. The van der Waals surface area contributed by atoms with Crippen molar-refractivity contribution < 1.29 is 27.1 Å². The molecule has 2 aromatic rings. The predicted octanol–water partition coefficient (Wildman–Crippen LogP) is 1.41. The Bertz CT molecular complexity index is 892. The van der Waals surface area contributed by atoms with Gasteiger partial charge in [0.25, 0.3) is 10.0 Å². The number of piperazine rings is 1. The van der Waals surface area contributed by atoms with Gasteiger partial charge in [-0.3, -0.25) is 0 Å². The average Bonchev–Trinajstić information content (AvgIpc) is 3.18. The minimum absolute atomic E-state index is 0.157. The van der Waals surface area contributed by atoms with E-state index in [-0.39, 0.29) is 17.4 Å². The molecule has 0 saturated carbocycles. The van der Waals surface area contributed by atoms with E-state index in [1.807, 2.05) is 18.2 Å². The average molecular weight is 380 g/mol. The lowest BCUT2D eigenvalue weighted by Crippen LogP contribution is -2.48. The van der Waals surface area contributed by atoms with Gasteiger partial charge in [0.15, 0.2) is 0 Å². The predicted molar refractivity (Wildman–Crippen MR) is 92.5 cm³/mol. The Kier molecular flexibility index (Phi) is 5.30. The van der Waals surface area contributed by atoms with Crippen LogP contribution in [0.25, 0.3) is 0 Å². The molecule has 26 heavy (non-hydrogen) atoms. The molecule has 1 saturated heterocycles. The fourth-order valence-electron chi connectivity index (χ4n) is 2.96. The fourth-order valence-corrected chi connectivity index (χ4v) is 4.49. The van der Waals surface area contributed by atoms with Gasteiger partial charge < -0.3 is 19.2 Å². The van der Waals surface area contributed by atoms with Crippen LogP contribution in [0.1, 0.15) is 22.2 Å². The topological polar surface area (TPSA) is 98.1 Å². The van der Waals surface area contributed by atoms with Crippen LogP contribution in [0.2, 0.25) is 0 Å². The molecule has 1 aliphatic rings.